The number of carbonyl (C=O) groups is 1. The molecule has 2 heterocycles. The number of H-pyrrole nitrogens is 2. The van der Waals surface area contributed by atoms with E-state index in [1.807, 2.05) is 43.3 Å². The Morgan fingerprint density at radius 1 is 1.17 bits per heavy atom. The van der Waals surface area contributed by atoms with E-state index in [0.717, 1.165) is 27.4 Å². The largest absolute Gasteiger partial charge is 0.355 e. The Kier molecular flexibility index (Phi) is 3.50. The first-order chi connectivity index (χ1) is 11.6. The summed E-state index contributed by atoms with van der Waals surface area (Å²) in [4.78, 5) is 22.6. The standard InChI is InChI=1S/C18H15ClN4O/c1-10(17(24)23-18-20-6-7-21-18)11-2-4-13-14-9-12(19)3-5-15(14)22-16(13)8-11/h2-10,22H,1H3,(H2,20,21,23,24)/t10-/m1/s1. The number of anilines is 1. The van der Waals surface area contributed by atoms with Gasteiger partial charge in [0.25, 0.3) is 0 Å². The van der Waals surface area contributed by atoms with Crippen molar-refractivity contribution in [3.05, 3.63) is 59.4 Å². The minimum absolute atomic E-state index is 0.108. The fraction of sp³-hybridized carbons (Fsp3) is 0.111. The van der Waals surface area contributed by atoms with E-state index < -0.39 is 0 Å². The smallest absolute Gasteiger partial charge is 0.233 e. The summed E-state index contributed by atoms with van der Waals surface area (Å²) in [5.74, 6) is 0.0473. The zero-order valence-electron chi connectivity index (χ0n) is 12.9. The third-order valence-electron chi connectivity index (χ3n) is 4.22. The Hall–Kier alpha value is -2.79. The van der Waals surface area contributed by atoms with Gasteiger partial charge >= 0.3 is 0 Å². The monoisotopic (exact) mass is 338 g/mol. The average Bonchev–Trinajstić information content (AvgIpc) is 3.20. The van der Waals surface area contributed by atoms with Crippen molar-refractivity contribution in [3.8, 4) is 0 Å². The molecule has 0 saturated heterocycles. The summed E-state index contributed by atoms with van der Waals surface area (Å²) in [5, 5.41) is 5.65. The number of carbonyl (C=O) groups excluding carboxylic acids is 1. The van der Waals surface area contributed by atoms with Crippen molar-refractivity contribution in [1.82, 2.24) is 15.0 Å². The van der Waals surface area contributed by atoms with Gasteiger partial charge in [-0.2, -0.15) is 0 Å². The Labute approximate surface area is 143 Å². The number of aromatic amines is 2. The highest BCUT2D eigenvalue weighted by molar-refractivity contribution is 6.31. The molecule has 2 aromatic carbocycles. The fourth-order valence-corrected chi connectivity index (χ4v) is 3.04. The Bertz CT molecular complexity index is 1040. The van der Waals surface area contributed by atoms with Gasteiger partial charge in [0.15, 0.2) is 0 Å². The SMILES string of the molecule is C[C@@H](C(=O)Nc1ncc[nH]1)c1ccc2c(c1)[nH]c1ccc(Cl)cc12. The molecule has 0 fully saturated rings. The number of aromatic nitrogens is 3. The summed E-state index contributed by atoms with van der Waals surface area (Å²) in [5.41, 5.74) is 2.95. The molecule has 6 heteroatoms. The maximum atomic E-state index is 12.4. The van der Waals surface area contributed by atoms with E-state index >= 15 is 0 Å². The highest BCUT2D eigenvalue weighted by Gasteiger charge is 2.17. The molecule has 24 heavy (non-hydrogen) atoms. The van der Waals surface area contributed by atoms with Crippen LogP contribution in [0, 0.1) is 0 Å². The minimum atomic E-state index is -0.297. The van der Waals surface area contributed by atoms with Gasteiger partial charge in [-0.1, -0.05) is 23.7 Å². The maximum Gasteiger partial charge on any atom is 0.233 e. The van der Waals surface area contributed by atoms with Gasteiger partial charge in [0.2, 0.25) is 11.9 Å². The molecule has 0 saturated carbocycles. The molecule has 0 aliphatic heterocycles. The number of fused-ring (bicyclic) bond motifs is 3. The summed E-state index contributed by atoms with van der Waals surface area (Å²) in [6, 6.07) is 11.8. The number of hydrogen-bond donors (Lipinski definition) is 3. The van der Waals surface area contributed by atoms with Crippen molar-refractivity contribution in [2.75, 3.05) is 5.32 Å². The molecule has 5 nitrogen and oxygen atoms in total. The lowest BCUT2D eigenvalue weighted by Crippen LogP contribution is -2.19. The third kappa shape index (κ3) is 2.53. The van der Waals surface area contributed by atoms with Crippen LogP contribution >= 0.6 is 11.6 Å². The number of halogens is 1. The second-order valence-corrected chi connectivity index (χ2v) is 6.21. The molecule has 0 aliphatic rings. The van der Waals surface area contributed by atoms with Gasteiger partial charge in [-0.25, -0.2) is 4.98 Å². The zero-order chi connectivity index (χ0) is 16.7. The molecule has 0 unspecified atom stereocenters. The third-order valence-corrected chi connectivity index (χ3v) is 4.45. The average molecular weight is 339 g/mol. The lowest BCUT2D eigenvalue weighted by molar-refractivity contribution is -0.117. The van der Waals surface area contributed by atoms with Crippen molar-refractivity contribution >= 4 is 45.3 Å². The van der Waals surface area contributed by atoms with E-state index in [-0.39, 0.29) is 11.8 Å². The second kappa shape index (κ2) is 5.69. The minimum Gasteiger partial charge on any atom is -0.355 e. The first-order valence-corrected chi connectivity index (χ1v) is 8.01. The lowest BCUT2D eigenvalue weighted by Gasteiger charge is -2.11. The highest BCUT2D eigenvalue weighted by atomic mass is 35.5. The molecule has 3 N–H and O–H groups in total. The van der Waals surface area contributed by atoms with Crippen molar-refractivity contribution in [2.45, 2.75) is 12.8 Å². The maximum absolute atomic E-state index is 12.4. The molecule has 0 spiro atoms. The van der Waals surface area contributed by atoms with Crippen LogP contribution in [0.3, 0.4) is 0 Å². The number of nitrogens with one attached hydrogen (secondary N) is 3. The number of rotatable bonds is 3. The van der Waals surface area contributed by atoms with Gasteiger partial charge in [0.05, 0.1) is 5.92 Å². The summed E-state index contributed by atoms with van der Waals surface area (Å²) in [6.07, 6.45) is 3.27. The molecule has 0 bridgehead atoms. The van der Waals surface area contributed by atoms with Gasteiger partial charge in [0.1, 0.15) is 0 Å². The second-order valence-electron chi connectivity index (χ2n) is 5.77. The first-order valence-electron chi connectivity index (χ1n) is 7.63. The Morgan fingerprint density at radius 3 is 2.83 bits per heavy atom. The van der Waals surface area contributed by atoms with E-state index in [0.29, 0.717) is 11.0 Å². The molecule has 1 atom stereocenters. The predicted molar refractivity (Wildman–Crippen MR) is 96.4 cm³/mol. The zero-order valence-corrected chi connectivity index (χ0v) is 13.7. The van der Waals surface area contributed by atoms with Crippen LogP contribution in [0.1, 0.15) is 18.4 Å². The Balaban J connectivity index is 1.69. The van der Waals surface area contributed by atoms with Gasteiger partial charge in [-0.05, 0) is 36.8 Å². The van der Waals surface area contributed by atoms with Gasteiger partial charge in [-0.3, -0.25) is 10.1 Å². The van der Waals surface area contributed by atoms with Crippen molar-refractivity contribution < 1.29 is 4.79 Å². The van der Waals surface area contributed by atoms with Gasteiger partial charge in [0, 0.05) is 39.2 Å². The number of hydrogen-bond acceptors (Lipinski definition) is 2. The fourth-order valence-electron chi connectivity index (χ4n) is 2.87. The molecule has 1 amide bonds. The number of benzene rings is 2. The van der Waals surface area contributed by atoms with Crippen LogP contribution in [-0.4, -0.2) is 20.9 Å². The van der Waals surface area contributed by atoms with E-state index in [2.05, 4.69) is 20.3 Å². The summed E-state index contributed by atoms with van der Waals surface area (Å²) < 4.78 is 0. The molecule has 4 aromatic rings. The van der Waals surface area contributed by atoms with Crippen LogP contribution in [0.15, 0.2) is 48.8 Å². The first kappa shape index (κ1) is 14.8. The van der Waals surface area contributed by atoms with Crippen molar-refractivity contribution in [2.24, 2.45) is 0 Å². The molecule has 0 radical (unpaired) electrons. The Morgan fingerprint density at radius 2 is 2.04 bits per heavy atom. The summed E-state index contributed by atoms with van der Waals surface area (Å²) in [6.45, 7) is 1.87. The predicted octanol–water partition coefficient (Wildman–Crippen LogP) is 4.44. The van der Waals surface area contributed by atoms with E-state index in [1.165, 1.54) is 0 Å². The van der Waals surface area contributed by atoms with Gasteiger partial charge in [-0.15, -0.1) is 0 Å². The van der Waals surface area contributed by atoms with Crippen LogP contribution in [0.25, 0.3) is 21.8 Å². The molecule has 4 rings (SSSR count). The van der Waals surface area contributed by atoms with Crippen molar-refractivity contribution in [3.63, 3.8) is 0 Å². The van der Waals surface area contributed by atoms with Crippen LogP contribution in [-0.2, 0) is 4.79 Å². The van der Waals surface area contributed by atoms with Crippen LogP contribution < -0.4 is 5.32 Å². The number of nitrogens with zero attached hydrogens (tertiary/aromatic N) is 1. The quantitative estimate of drug-likeness (QED) is 0.516. The normalized spacial score (nSPS) is 12.6. The highest BCUT2D eigenvalue weighted by Crippen LogP contribution is 2.30. The molecular weight excluding hydrogens is 324 g/mol. The lowest BCUT2D eigenvalue weighted by atomic mass is 9.99. The van der Waals surface area contributed by atoms with E-state index in [9.17, 15) is 4.79 Å². The topological polar surface area (TPSA) is 73.6 Å². The van der Waals surface area contributed by atoms with E-state index in [4.69, 9.17) is 11.6 Å². The van der Waals surface area contributed by atoms with Crippen LogP contribution in [0.5, 0.6) is 0 Å². The molecule has 2 aromatic heterocycles. The van der Waals surface area contributed by atoms with Crippen LogP contribution in [0.4, 0.5) is 5.95 Å². The van der Waals surface area contributed by atoms with Gasteiger partial charge < -0.3 is 9.97 Å². The summed E-state index contributed by atoms with van der Waals surface area (Å²) >= 11 is 6.09. The van der Waals surface area contributed by atoms with Crippen molar-refractivity contribution in [1.29, 1.82) is 0 Å². The molecule has 0 aliphatic carbocycles. The number of amides is 1. The number of imidazole rings is 1. The summed E-state index contributed by atoms with van der Waals surface area (Å²) in [7, 11) is 0. The molecular formula is C18H15ClN4O. The van der Waals surface area contributed by atoms with E-state index in [1.54, 1.807) is 12.4 Å². The van der Waals surface area contributed by atoms with Crippen LogP contribution in [0.2, 0.25) is 5.02 Å². The molecule has 120 valence electrons.